The lowest BCUT2D eigenvalue weighted by atomic mass is 10.00. The number of alkyl halides is 2. The van der Waals surface area contributed by atoms with E-state index in [0.29, 0.717) is 5.88 Å². The van der Waals surface area contributed by atoms with E-state index in [1.807, 2.05) is 32.9 Å². The molecule has 0 aromatic carbocycles. The van der Waals surface area contributed by atoms with E-state index in [-0.39, 0.29) is 18.9 Å². The molecule has 3 rings (SSSR count). The molecule has 2 aromatic rings. The molecule has 0 atom stereocenters. The zero-order valence-electron chi connectivity index (χ0n) is 13.6. The minimum atomic E-state index is -2.81. The van der Waals surface area contributed by atoms with Gasteiger partial charge < -0.3 is 4.74 Å². The van der Waals surface area contributed by atoms with Crippen LogP contribution in [0.4, 0.5) is 8.78 Å². The fraction of sp³-hybridized carbons (Fsp3) is 0.529. The van der Waals surface area contributed by atoms with Gasteiger partial charge in [-0.05, 0) is 24.5 Å². The first-order chi connectivity index (χ1) is 10.9. The zero-order valence-corrected chi connectivity index (χ0v) is 13.6. The van der Waals surface area contributed by atoms with Crippen molar-refractivity contribution in [1.82, 2.24) is 14.8 Å². The van der Waals surface area contributed by atoms with Crippen LogP contribution in [0.3, 0.4) is 0 Å². The second kappa shape index (κ2) is 5.91. The smallest absolute Gasteiger partial charge is 0.283 e. The summed E-state index contributed by atoms with van der Waals surface area (Å²) in [6.07, 6.45) is 2.41. The second-order valence-electron chi connectivity index (χ2n) is 6.23. The molecule has 0 radical (unpaired) electrons. The van der Waals surface area contributed by atoms with E-state index in [0.717, 1.165) is 28.9 Å². The number of rotatable bonds is 3. The van der Waals surface area contributed by atoms with Gasteiger partial charge in [0, 0.05) is 29.4 Å². The molecular formula is C17H21F2N3O. The second-order valence-corrected chi connectivity index (χ2v) is 6.23. The molecule has 0 amide bonds. The first-order valence-corrected chi connectivity index (χ1v) is 7.98. The minimum Gasteiger partial charge on any atom is -0.471 e. The fourth-order valence-electron chi connectivity index (χ4n) is 2.79. The van der Waals surface area contributed by atoms with Crippen molar-refractivity contribution in [2.24, 2.45) is 0 Å². The SMILES string of the molecule is CCc1ccc(-c2nn3c(c2C(C)C)OCC(F)(F)CC3)cn1. The Morgan fingerprint density at radius 1 is 1.35 bits per heavy atom. The predicted octanol–water partition coefficient (Wildman–Crippen LogP) is 4.05. The van der Waals surface area contributed by atoms with Crippen LogP contribution in [0.15, 0.2) is 18.3 Å². The maximum absolute atomic E-state index is 13.6. The highest BCUT2D eigenvalue weighted by Crippen LogP contribution is 2.38. The largest absolute Gasteiger partial charge is 0.471 e. The summed E-state index contributed by atoms with van der Waals surface area (Å²) in [6.45, 7) is 5.64. The van der Waals surface area contributed by atoms with Crippen LogP contribution < -0.4 is 4.74 Å². The zero-order chi connectivity index (χ0) is 16.6. The normalized spacial score (nSPS) is 16.8. The van der Waals surface area contributed by atoms with E-state index >= 15 is 0 Å². The third kappa shape index (κ3) is 3.07. The molecule has 4 nitrogen and oxygen atoms in total. The van der Waals surface area contributed by atoms with Gasteiger partial charge in [0.05, 0.1) is 6.54 Å². The van der Waals surface area contributed by atoms with Crippen LogP contribution in [0.5, 0.6) is 5.88 Å². The van der Waals surface area contributed by atoms with Crippen molar-refractivity contribution >= 4 is 0 Å². The van der Waals surface area contributed by atoms with Gasteiger partial charge >= 0.3 is 0 Å². The van der Waals surface area contributed by atoms with E-state index < -0.39 is 12.5 Å². The molecule has 0 aliphatic carbocycles. The Labute approximate surface area is 134 Å². The van der Waals surface area contributed by atoms with Crippen molar-refractivity contribution in [3.8, 4) is 17.1 Å². The van der Waals surface area contributed by atoms with E-state index in [1.165, 1.54) is 0 Å². The standard InChI is InChI=1S/C17H21F2N3O/c1-4-13-6-5-12(9-20-13)15-14(11(2)3)16-22(21-15)8-7-17(18,19)10-23-16/h5-6,9,11H,4,7-8,10H2,1-3H3. The van der Waals surface area contributed by atoms with Gasteiger partial charge in [-0.1, -0.05) is 20.8 Å². The van der Waals surface area contributed by atoms with Crippen molar-refractivity contribution in [2.75, 3.05) is 6.61 Å². The number of aryl methyl sites for hydroxylation is 2. The van der Waals surface area contributed by atoms with Crippen molar-refractivity contribution in [3.63, 3.8) is 0 Å². The number of ether oxygens (including phenoxy) is 1. The average Bonchev–Trinajstić information content (AvgIpc) is 2.83. The van der Waals surface area contributed by atoms with Crippen LogP contribution in [0, 0.1) is 0 Å². The van der Waals surface area contributed by atoms with E-state index in [1.54, 1.807) is 10.9 Å². The first-order valence-electron chi connectivity index (χ1n) is 7.98. The Kier molecular flexibility index (Phi) is 4.08. The molecule has 0 saturated carbocycles. The summed E-state index contributed by atoms with van der Waals surface area (Å²) in [6, 6.07) is 3.95. The van der Waals surface area contributed by atoms with Gasteiger partial charge in [0.2, 0.25) is 5.88 Å². The third-order valence-corrected chi connectivity index (χ3v) is 4.09. The van der Waals surface area contributed by atoms with Crippen LogP contribution >= 0.6 is 0 Å². The highest BCUT2D eigenvalue weighted by Gasteiger charge is 2.35. The lowest BCUT2D eigenvalue weighted by molar-refractivity contribution is -0.0428. The first kappa shape index (κ1) is 15.9. The van der Waals surface area contributed by atoms with E-state index in [9.17, 15) is 8.78 Å². The molecule has 23 heavy (non-hydrogen) atoms. The van der Waals surface area contributed by atoms with Crippen molar-refractivity contribution in [1.29, 1.82) is 0 Å². The molecular weight excluding hydrogens is 300 g/mol. The molecule has 1 aliphatic heterocycles. The maximum Gasteiger partial charge on any atom is 0.283 e. The van der Waals surface area contributed by atoms with Crippen LogP contribution in [0.2, 0.25) is 0 Å². The summed E-state index contributed by atoms with van der Waals surface area (Å²) in [4.78, 5) is 4.41. The molecule has 124 valence electrons. The summed E-state index contributed by atoms with van der Waals surface area (Å²) in [5, 5.41) is 4.54. The fourth-order valence-corrected chi connectivity index (χ4v) is 2.79. The number of pyridine rings is 1. The Bertz CT molecular complexity index is 693. The van der Waals surface area contributed by atoms with Crippen molar-refractivity contribution in [2.45, 2.75) is 52.0 Å². The minimum absolute atomic E-state index is 0.117. The van der Waals surface area contributed by atoms with Gasteiger partial charge in [0.25, 0.3) is 5.92 Å². The molecule has 0 fully saturated rings. The van der Waals surface area contributed by atoms with Crippen molar-refractivity contribution < 1.29 is 13.5 Å². The summed E-state index contributed by atoms with van der Waals surface area (Å²) in [5.74, 6) is -2.22. The highest BCUT2D eigenvalue weighted by atomic mass is 19.3. The number of aromatic nitrogens is 3. The monoisotopic (exact) mass is 321 g/mol. The molecule has 0 N–H and O–H groups in total. The van der Waals surface area contributed by atoms with Crippen LogP contribution in [-0.2, 0) is 13.0 Å². The summed E-state index contributed by atoms with van der Waals surface area (Å²) >= 11 is 0. The Hall–Kier alpha value is -1.98. The van der Waals surface area contributed by atoms with Gasteiger partial charge in [-0.25, -0.2) is 13.5 Å². The number of hydrogen-bond acceptors (Lipinski definition) is 3. The summed E-state index contributed by atoms with van der Waals surface area (Å²) < 4.78 is 34.1. The molecule has 6 heteroatoms. The van der Waals surface area contributed by atoms with Crippen molar-refractivity contribution in [3.05, 3.63) is 29.6 Å². The molecule has 0 unspecified atom stereocenters. The highest BCUT2D eigenvalue weighted by molar-refractivity contribution is 5.65. The number of hydrogen-bond donors (Lipinski definition) is 0. The third-order valence-electron chi connectivity index (χ3n) is 4.09. The molecule has 0 bridgehead atoms. The van der Waals surface area contributed by atoms with Gasteiger partial charge in [0.15, 0.2) is 6.61 Å². The lowest BCUT2D eigenvalue weighted by Gasteiger charge is -2.14. The summed E-state index contributed by atoms with van der Waals surface area (Å²) in [7, 11) is 0. The number of halogens is 2. The molecule has 0 spiro atoms. The Morgan fingerprint density at radius 3 is 2.74 bits per heavy atom. The Balaban J connectivity index is 2.05. The molecule has 3 heterocycles. The molecule has 0 saturated heterocycles. The molecule has 2 aromatic heterocycles. The van der Waals surface area contributed by atoms with Gasteiger partial charge in [0.1, 0.15) is 5.69 Å². The van der Waals surface area contributed by atoms with Crippen LogP contribution in [-0.4, -0.2) is 27.3 Å². The van der Waals surface area contributed by atoms with Gasteiger partial charge in [-0.3, -0.25) is 4.98 Å². The summed E-state index contributed by atoms with van der Waals surface area (Å²) in [5.41, 5.74) is 3.54. The van der Waals surface area contributed by atoms with Crippen LogP contribution in [0.1, 0.15) is 44.4 Å². The maximum atomic E-state index is 13.6. The topological polar surface area (TPSA) is 39.9 Å². The van der Waals surface area contributed by atoms with Gasteiger partial charge in [-0.15, -0.1) is 0 Å². The lowest BCUT2D eigenvalue weighted by Crippen LogP contribution is -2.24. The van der Waals surface area contributed by atoms with E-state index in [4.69, 9.17) is 4.74 Å². The van der Waals surface area contributed by atoms with Crippen LogP contribution in [0.25, 0.3) is 11.3 Å². The number of nitrogens with zero attached hydrogens (tertiary/aromatic N) is 3. The average molecular weight is 321 g/mol. The Morgan fingerprint density at radius 2 is 2.13 bits per heavy atom. The number of fused-ring (bicyclic) bond motifs is 1. The van der Waals surface area contributed by atoms with E-state index in [2.05, 4.69) is 10.1 Å². The van der Waals surface area contributed by atoms with Gasteiger partial charge in [-0.2, -0.15) is 5.10 Å². The molecule has 1 aliphatic rings. The quantitative estimate of drug-likeness (QED) is 0.856. The predicted molar refractivity (Wildman–Crippen MR) is 84.0 cm³/mol.